The molecule has 7 nitrogen and oxygen atoms in total. The van der Waals surface area contributed by atoms with E-state index in [4.69, 9.17) is 18.6 Å². The minimum atomic E-state index is -1.35. The molecule has 2 N–H and O–H groups in total. The van der Waals surface area contributed by atoms with E-state index < -0.39 is 27.8 Å². The Labute approximate surface area is 198 Å². The molecule has 0 radical (unpaired) electrons. The van der Waals surface area contributed by atoms with Crippen LogP contribution in [0.5, 0.6) is 11.7 Å². The van der Waals surface area contributed by atoms with Crippen LogP contribution in [0.1, 0.15) is 52.0 Å². The fourth-order valence-electron chi connectivity index (χ4n) is 7.47. The van der Waals surface area contributed by atoms with Crippen LogP contribution in [-0.2, 0) is 11.2 Å². The summed E-state index contributed by atoms with van der Waals surface area (Å²) >= 11 is 0. The first-order chi connectivity index (χ1) is 16.0. The molecule has 34 heavy (non-hydrogen) atoms. The van der Waals surface area contributed by atoms with E-state index in [2.05, 4.69) is 6.92 Å². The largest absolute Gasteiger partial charge is 0.497 e. The summed E-state index contributed by atoms with van der Waals surface area (Å²) in [5.74, 6) is -0.0607. The van der Waals surface area contributed by atoms with E-state index in [9.17, 15) is 15.0 Å². The lowest BCUT2D eigenvalue weighted by Gasteiger charge is -2.74. The van der Waals surface area contributed by atoms with Crippen LogP contribution >= 0.6 is 0 Å². The summed E-state index contributed by atoms with van der Waals surface area (Å²) in [5.41, 5.74) is -2.08. The predicted octanol–water partition coefficient (Wildman–Crippen LogP) is 3.68. The van der Waals surface area contributed by atoms with Gasteiger partial charge in [0.2, 0.25) is 0 Å². The Kier molecular flexibility index (Phi) is 4.33. The van der Waals surface area contributed by atoms with Crippen molar-refractivity contribution < 1.29 is 28.8 Å². The zero-order chi connectivity index (χ0) is 24.1. The molecule has 1 unspecified atom stereocenters. The van der Waals surface area contributed by atoms with E-state index in [1.165, 1.54) is 6.07 Å². The number of hydrogen-bond donors (Lipinski definition) is 2. The van der Waals surface area contributed by atoms with Gasteiger partial charge in [0.05, 0.1) is 24.9 Å². The lowest BCUT2D eigenvalue weighted by molar-refractivity contribution is -0.438. The van der Waals surface area contributed by atoms with Crippen LogP contribution in [0.25, 0.3) is 11.3 Å². The van der Waals surface area contributed by atoms with Crippen LogP contribution in [0.3, 0.4) is 0 Å². The van der Waals surface area contributed by atoms with E-state index >= 15 is 0 Å². The molecule has 2 aromatic rings. The van der Waals surface area contributed by atoms with Gasteiger partial charge in [-0.2, -0.15) is 0 Å². The third kappa shape index (κ3) is 2.50. The average molecular weight is 469 g/mol. The molecular weight excluding hydrogens is 436 g/mol. The van der Waals surface area contributed by atoms with Crippen molar-refractivity contribution in [3.8, 4) is 23.0 Å². The normalized spacial score (nSPS) is 39.4. The Morgan fingerprint density at radius 2 is 1.76 bits per heavy atom. The number of methoxy groups -OCH3 is 1. The molecule has 7 rings (SSSR count). The molecule has 3 aliphatic heterocycles. The fourth-order valence-corrected chi connectivity index (χ4v) is 7.47. The highest BCUT2D eigenvalue weighted by Gasteiger charge is 2.78. The van der Waals surface area contributed by atoms with Crippen molar-refractivity contribution in [1.29, 1.82) is 0 Å². The van der Waals surface area contributed by atoms with Crippen molar-refractivity contribution >= 4 is 0 Å². The third-order valence-electron chi connectivity index (χ3n) is 9.82. The van der Waals surface area contributed by atoms with Gasteiger partial charge < -0.3 is 28.8 Å². The molecule has 5 aliphatic rings. The predicted molar refractivity (Wildman–Crippen MR) is 124 cm³/mol. The van der Waals surface area contributed by atoms with Gasteiger partial charge in [-0.1, -0.05) is 13.8 Å². The molecule has 4 fully saturated rings. The zero-order valence-electron chi connectivity index (χ0n) is 20.1. The van der Waals surface area contributed by atoms with Crippen molar-refractivity contribution in [2.75, 3.05) is 13.7 Å². The van der Waals surface area contributed by atoms with Gasteiger partial charge in [-0.05, 0) is 56.9 Å². The molecule has 2 bridgehead atoms. The second kappa shape index (κ2) is 6.65. The monoisotopic (exact) mass is 468 g/mol. The summed E-state index contributed by atoms with van der Waals surface area (Å²) in [6, 6.07) is 8.86. The lowest BCUT2D eigenvalue weighted by atomic mass is 9.39. The fraction of sp³-hybridized carbons (Fsp3) is 0.593. The second-order valence-corrected chi connectivity index (χ2v) is 11.4. The number of ether oxygens (including phenoxy) is 3. The zero-order valence-corrected chi connectivity index (χ0v) is 20.1. The highest BCUT2D eigenvalue weighted by molar-refractivity contribution is 5.59. The summed E-state index contributed by atoms with van der Waals surface area (Å²) in [5, 5.41) is 23.4. The number of benzene rings is 1. The minimum absolute atomic E-state index is 0.136. The Hall–Kier alpha value is -2.35. The van der Waals surface area contributed by atoms with Gasteiger partial charge in [-0.25, -0.2) is 0 Å². The molecular formula is C27H32O7. The van der Waals surface area contributed by atoms with Gasteiger partial charge in [0, 0.05) is 34.8 Å². The van der Waals surface area contributed by atoms with Crippen LogP contribution < -0.4 is 14.9 Å². The average Bonchev–Trinajstić information content (AvgIpc) is 2.81. The number of rotatable bonds is 2. The van der Waals surface area contributed by atoms with Crippen molar-refractivity contribution in [1.82, 2.24) is 0 Å². The molecule has 2 saturated carbocycles. The Bertz CT molecular complexity index is 1200. The molecule has 5 atom stereocenters. The van der Waals surface area contributed by atoms with Gasteiger partial charge in [-0.15, -0.1) is 0 Å². The summed E-state index contributed by atoms with van der Waals surface area (Å²) in [7, 11) is 1.61. The van der Waals surface area contributed by atoms with E-state index in [-0.39, 0.29) is 23.9 Å². The Balaban J connectivity index is 1.43. The standard InChI is InChI=1S/C27H32O7/c1-23(2)26(29)11-9-24(3)21(25(26)10-12-27(23,30)32-15-25)13-18-19(28)14-20(33-22(18)34-24)16-5-7-17(31-4)8-6-16/h5-8,14,21,29-30H,9-13,15H2,1-4H3/t21?,24-,25+,26-,27+/m1/s1. The molecule has 2 aliphatic carbocycles. The first kappa shape index (κ1) is 22.1. The van der Waals surface area contributed by atoms with Crippen molar-refractivity contribution in [3.05, 3.63) is 46.1 Å². The van der Waals surface area contributed by atoms with Gasteiger partial charge >= 0.3 is 0 Å². The van der Waals surface area contributed by atoms with Crippen LogP contribution in [0.2, 0.25) is 0 Å². The number of hydrogen-bond acceptors (Lipinski definition) is 7. The molecule has 0 amide bonds. The molecule has 4 heterocycles. The second-order valence-electron chi connectivity index (χ2n) is 11.4. The van der Waals surface area contributed by atoms with E-state index in [0.717, 1.165) is 11.3 Å². The van der Waals surface area contributed by atoms with Crippen LogP contribution in [0, 0.1) is 16.7 Å². The maximum absolute atomic E-state index is 13.3. The van der Waals surface area contributed by atoms with Gasteiger partial charge in [0.1, 0.15) is 17.1 Å². The molecule has 1 spiro atoms. The van der Waals surface area contributed by atoms with Crippen molar-refractivity contribution in [2.45, 2.75) is 69.9 Å². The van der Waals surface area contributed by atoms with Gasteiger partial charge in [0.15, 0.2) is 11.2 Å². The SMILES string of the molecule is COc1ccc(-c2cc(=O)c3c(o2)O[C@]2(C)CC[C@@]4(O)C(C)(C)[C@]5(O)CC[C@]4(CO5)C2C3)cc1. The third-order valence-corrected chi connectivity index (χ3v) is 9.82. The van der Waals surface area contributed by atoms with Crippen molar-refractivity contribution in [2.24, 2.45) is 16.7 Å². The number of fused-ring (bicyclic) bond motifs is 4. The summed E-state index contributed by atoms with van der Waals surface area (Å²) in [6.45, 7) is 6.10. The van der Waals surface area contributed by atoms with E-state index in [0.29, 0.717) is 43.4 Å². The molecule has 182 valence electrons. The number of aliphatic hydroxyl groups is 2. The summed E-state index contributed by atoms with van der Waals surface area (Å²) < 4.78 is 23.9. The van der Waals surface area contributed by atoms with Gasteiger partial charge in [0.25, 0.3) is 5.95 Å². The van der Waals surface area contributed by atoms with Crippen LogP contribution in [0.15, 0.2) is 39.5 Å². The minimum Gasteiger partial charge on any atom is -0.497 e. The molecule has 1 aromatic heterocycles. The highest BCUT2D eigenvalue weighted by Crippen LogP contribution is 2.71. The topological polar surface area (TPSA) is 98.4 Å². The molecule has 7 heteroatoms. The smallest absolute Gasteiger partial charge is 0.292 e. The van der Waals surface area contributed by atoms with Gasteiger partial charge in [-0.3, -0.25) is 4.79 Å². The first-order valence-electron chi connectivity index (χ1n) is 12.1. The summed E-state index contributed by atoms with van der Waals surface area (Å²) in [6.07, 6.45) is 2.59. The molecule has 2 saturated heterocycles. The lowest BCUT2D eigenvalue weighted by Crippen LogP contribution is -2.81. The van der Waals surface area contributed by atoms with E-state index in [1.54, 1.807) is 7.11 Å². The Morgan fingerprint density at radius 1 is 1.03 bits per heavy atom. The highest BCUT2D eigenvalue weighted by atomic mass is 16.6. The van der Waals surface area contributed by atoms with Crippen molar-refractivity contribution in [3.63, 3.8) is 0 Å². The van der Waals surface area contributed by atoms with E-state index in [1.807, 2.05) is 38.1 Å². The maximum atomic E-state index is 13.3. The first-order valence-corrected chi connectivity index (χ1v) is 12.1. The molecule has 1 aromatic carbocycles. The van der Waals surface area contributed by atoms with Crippen LogP contribution in [-0.4, -0.2) is 40.9 Å². The summed E-state index contributed by atoms with van der Waals surface area (Å²) in [4.78, 5) is 13.3. The quantitative estimate of drug-likeness (QED) is 0.694. The van der Waals surface area contributed by atoms with Crippen LogP contribution in [0.4, 0.5) is 0 Å². The Morgan fingerprint density at radius 3 is 2.41 bits per heavy atom. The maximum Gasteiger partial charge on any atom is 0.292 e.